The second-order valence-corrected chi connectivity index (χ2v) is 8.91. The summed E-state index contributed by atoms with van der Waals surface area (Å²) in [6.45, 7) is 0.694. The van der Waals surface area contributed by atoms with Crippen molar-refractivity contribution in [3.63, 3.8) is 0 Å². The van der Waals surface area contributed by atoms with Crippen molar-refractivity contribution in [1.82, 2.24) is 10.2 Å². The van der Waals surface area contributed by atoms with Crippen LogP contribution in [0.4, 0.5) is 16.2 Å². The molecule has 33 heavy (non-hydrogen) atoms. The zero-order valence-corrected chi connectivity index (χ0v) is 18.0. The minimum atomic E-state index is -1.52. The normalized spacial score (nSPS) is 24.7. The molecule has 3 aliphatic heterocycles. The van der Waals surface area contributed by atoms with Gasteiger partial charge in [-0.2, -0.15) is 0 Å². The summed E-state index contributed by atoms with van der Waals surface area (Å²) in [6.07, 6.45) is 3.37. The van der Waals surface area contributed by atoms with E-state index in [0.29, 0.717) is 18.5 Å². The molecule has 0 radical (unpaired) electrons. The molecular formula is C24H24N4O5. The largest absolute Gasteiger partial charge is 0.367 e. The molecule has 9 heteroatoms. The number of nitrogens with one attached hydrogen (secondary N) is 1. The summed E-state index contributed by atoms with van der Waals surface area (Å²) < 4.78 is 0. The number of amides is 4. The number of non-ortho nitro benzene ring substituents is 1. The Kier molecular flexibility index (Phi) is 5.11. The smallest absolute Gasteiger partial charge is 0.331 e. The molecule has 5 rings (SSSR count). The fourth-order valence-electron chi connectivity index (χ4n) is 5.50. The Morgan fingerprint density at radius 1 is 1.06 bits per heavy atom. The van der Waals surface area contributed by atoms with Gasteiger partial charge in [0.1, 0.15) is 0 Å². The van der Waals surface area contributed by atoms with Gasteiger partial charge in [-0.25, -0.2) is 4.79 Å². The number of rotatable bonds is 3. The molecule has 2 aromatic carbocycles. The van der Waals surface area contributed by atoms with Gasteiger partial charge in [-0.1, -0.05) is 43.2 Å². The molecule has 0 aliphatic carbocycles. The van der Waals surface area contributed by atoms with Crippen molar-refractivity contribution in [3.05, 3.63) is 69.8 Å². The van der Waals surface area contributed by atoms with E-state index in [4.69, 9.17) is 0 Å². The maximum absolute atomic E-state index is 14.0. The standard InChI is InChI=1S/C24H24N4O5/c29-21-24(22(30)27(23(31)25-21)15-16-7-3-1-4-8-16)14-17-13-18(28(32)33)10-11-19(17)26-12-6-2-5-9-20(24)26/h1,3-4,7-8,10-11,13,20H,2,5-6,9,12,14-15H2,(H,25,29,31). The first kappa shape index (κ1) is 21.1. The molecule has 0 saturated carbocycles. The molecule has 1 spiro atoms. The van der Waals surface area contributed by atoms with E-state index >= 15 is 0 Å². The second kappa shape index (κ2) is 7.99. The van der Waals surface area contributed by atoms with E-state index < -0.39 is 34.2 Å². The number of nitro benzene ring substituents is 1. The number of nitro groups is 1. The topological polar surface area (TPSA) is 113 Å². The number of hydrogen-bond donors (Lipinski definition) is 1. The molecule has 9 nitrogen and oxygen atoms in total. The highest BCUT2D eigenvalue weighted by Gasteiger charge is 2.61. The molecular weight excluding hydrogens is 424 g/mol. The summed E-state index contributed by atoms with van der Waals surface area (Å²) in [7, 11) is 0. The van der Waals surface area contributed by atoms with Crippen molar-refractivity contribution in [1.29, 1.82) is 0 Å². The molecule has 2 fully saturated rings. The number of carbonyl (C=O) groups excluding carboxylic acids is 3. The fraction of sp³-hybridized carbons (Fsp3) is 0.375. The van der Waals surface area contributed by atoms with Crippen molar-refractivity contribution in [3.8, 4) is 0 Å². The van der Waals surface area contributed by atoms with Crippen LogP contribution in [-0.2, 0) is 22.6 Å². The lowest BCUT2D eigenvalue weighted by molar-refractivity contribution is -0.384. The van der Waals surface area contributed by atoms with Crippen LogP contribution in [0.5, 0.6) is 0 Å². The van der Waals surface area contributed by atoms with Crippen molar-refractivity contribution in [2.24, 2.45) is 5.41 Å². The number of nitrogens with zero attached hydrogens (tertiary/aromatic N) is 3. The number of imide groups is 2. The molecule has 2 saturated heterocycles. The van der Waals surface area contributed by atoms with Crippen molar-refractivity contribution < 1.29 is 19.3 Å². The van der Waals surface area contributed by atoms with Gasteiger partial charge >= 0.3 is 6.03 Å². The zero-order chi connectivity index (χ0) is 23.2. The Labute approximate surface area is 190 Å². The summed E-state index contributed by atoms with van der Waals surface area (Å²) in [5.41, 5.74) is 0.577. The Hall–Kier alpha value is -3.75. The van der Waals surface area contributed by atoms with E-state index in [1.165, 1.54) is 12.1 Å². The third kappa shape index (κ3) is 3.35. The van der Waals surface area contributed by atoms with Crippen LogP contribution in [0.25, 0.3) is 0 Å². The van der Waals surface area contributed by atoms with Crippen molar-refractivity contribution in [2.75, 3.05) is 11.4 Å². The van der Waals surface area contributed by atoms with Crippen molar-refractivity contribution in [2.45, 2.75) is 44.7 Å². The molecule has 0 aromatic heterocycles. The minimum absolute atomic E-state index is 0.0222. The van der Waals surface area contributed by atoms with Gasteiger partial charge in [0.15, 0.2) is 5.41 Å². The number of carbonyl (C=O) groups is 3. The fourth-order valence-corrected chi connectivity index (χ4v) is 5.50. The highest BCUT2D eigenvalue weighted by Crippen LogP contribution is 2.48. The maximum atomic E-state index is 14.0. The summed E-state index contributed by atoms with van der Waals surface area (Å²) in [5.74, 6) is -1.15. The van der Waals surface area contributed by atoms with Gasteiger partial charge in [-0.15, -0.1) is 0 Å². The van der Waals surface area contributed by atoms with E-state index in [2.05, 4.69) is 10.2 Å². The van der Waals surface area contributed by atoms with Crippen LogP contribution in [0.15, 0.2) is 48.5 Å². The number of benzene rings is 2. The molecule has 170 valence electrons. The maximum Gasteiger partial charge on any atom is 0.331 e. The third-order valence-electron chi connectivity index (χ3n) is 7.06. The summed E-state index contributed by atoms with van der Waals surface area (Å²) in [4.78, 5) is 54.3. The van der Waals surface area contributed by atoms with Gasteiger partial charge in [0.2, 0.25) is 11.8 Å². The predicted molar refractivity (Wildman–Crippen MR) is 119 cm³/mol. The Morgan fingerprint density at radius 2 is 1.85 bits per heavy atom. The summed E-state index contributed by atoms with van der Waals surface area (Å²) >= 11 is 0. The molecule has 3 heterocycles. The Bertz CT molecular complexity index is 1150. The molecule has 0 bridgehead atoms. The highest BCUT2D eigenvalue weighted by atomic mass is 16.6. The van der Waals surface area contributed by atoms with Crippen LogP contribution >= 0.6 is 0 Å². The number of hydrogen-bond acceptors (Lipinski definition) is 6. The third-order valence-corrected chi connectivity index (χ3v) is 7.06. The number of urea groups is 1. The lowest BCUT2D eigenvalue weighted by Gasteiger charge is -2.51. The number of anilines is 1. The lowest BCUT2D eigenvalue weighted by Crippen LogP contribution is -2.71. The molecule has 2 unspecified atom stereocenters. The molecule has 3 aliphatic rings. The van der Waals surface area contributed by atoms with E-state index in [1.54, 1.807) is 6.07 Å². The van der Waals surface area contributed by atoms with Crippen LogP contribution in [0.1, 0.15) is 36.8 Å². The zero-order valence-electron chi connectivity index (χ0n) is 18.0. The molecule has 1 N–H and O–H groups in total. The average molecular weight is 448 g/mol. The number of barbiturate groups is 1. The monoisotopic (exact) mass is 448 g/mol. The second-order valence-electron chi connectivity index (χ2n) is 8.91. The van der Waals surface area contributed by atoms with Gasteiger partial charge in [0, 0.05) is 30.8 Å². The van der Waals surface area contributed by atoms with Crippen LogP contribution in [0, 0.1) is 15.5 Å². The quantitative estimate of drug-likeness (QED) is 0.438. The first-order valence-corrected chi connectivity index (χ1v) is 11.2. The first-order chi connectivity index (χ1) is 15.9. The molecule has 2 atom stereocenters. The van der Waals surface area contributed by atoms with Gasteiger partial charge in [-0.3, -0.25) is 29.9 Å². The first-order valence-electron chi connectivity index (χ1n) is 11.2. The summed E-state index contributed by atoms with van der Waals surface area (Å²) in [5, 5.41) is 13.8. The Balaban J connectivity index is 1.62. The predicted octanol–water partition coefficient (Wildman–Crippen LogP) is 3.16. The van der Waals surface area contributed by atoms with Crippen LogP contribution in [0.3, 0.4) is 0 Å². The van der Waals surface area contributed by atoms with Crippen LogP contribution in [-0.4, -0.2) is 40.3 Å². The van der Waals surface area contributed by atoms with Crippen LogP contribution < -0.4 is 10.2 Å². The van der Waals surface area contributed by atoms with Gasteiger partial charge in [-0.05, 0) is 30.0 Å². The van der Waals surface area contributed by atoms with E-state index in [0.717, 1.165) is 35.4 Å². The Morgan fingerprint density at radius 3 is 2.61 bits per heavy atom. The SMILES string of the molecule is O=C1NC(=O)C2(Cc3cc([N+](=O)[O-])ccc3N3CCCCCC32)C(=O)N1Cc1ccccc1. The van der Waals surface area contributed by atoms with Crippen LogP contribution in [0.2, 0.25) is 0 Å². The van der Waals surface area contributed by atoms with E-state index in [1.807, 2.05) is 30.3 Å². The van der Waals surface area contributed by atoms with E-state index in [9.17, 15) is 24.5 Å². The van der Waals surface area contributed by atoms with E-state index in [-0.39, 0.29) is 18.7 Å². The van der Waals surface area contributed by atoms with Gasteiger partial charge in [0.25, 0.3) is 5.69 Å². The minimum Gasteiger partial charge on any atom is -0.367 e. The lowest BCUT2D eigenvalue weighted by atomic mass is 9.67. The highest BCUT2D eigenvalue weighted by molar-refractivity contribution is 6.20. The summed E-state index contributed by atoms with van der Waals surface area (Å²) in [6, 6.07) is 12.6. The van der Waals surface area contributed by atoms with Crippen molar-refractivity contribution >= 4 is 29.2 Å². The average Bonchev–Trinajstić information content (AvgIpc) is 3.07. The number of fused-ring (bicyclic) bond motifs is 4. The van der Waals surface area contributed by atoms with Gasteiger partial charge < -0.3 is 4.90 Å². The van der Waals surface area contributed by atoms with Gasteiger partial charge in [0.05, 0.1) is 17.5 Å². The molecule has 2 aromatic rings. The molecule has 4 amide bonds.